The Bertz CT molecular complexity index is 1030. The number of para-hydroxylation sites is 1. The summed E-state index contributed by atoms with van der Waals surface area (Å²) >= 11 is 0. The van der Waals surface area contributed by atoms with E-state index in [0.29, 0.717) is 39.1 Å². The number of carbonyl (C=O) groups is 3. The van der Waals surface area contributed by atoms with Crippen LogP contribution in [-0.2, 0) is 14.4 Å². The summed E-state index contributed by atoms with van der Waals surface area (Å²) in [5.41, 5.74) is 1.26. The first-order valence-electron chi connectivity index (χ1n) is 13.2. The van der Waals surface area contributed by atoms with Crippen LogP contribution in [-0.4, -0.2) is 65.9 Å². The van der Waals surface area contributed by atoms with Crippen molar-refractivity contribution in [2.45, 2.75) is 57.4 Å². The van der Waals surface area contributed by atoms with Crippen LogP contribution in [0.15, 0.2) is 60.7 Å². The van der Waals surface area contributed by atoms with E-state index in [2.05, 4.69) is 17.1 Å². The van der Waals surface area contributed by atoms with Gasteiger partial charge in [-0.2, -0.15) is 0 Å². The summed E-state index contributed by atoms with van der Waals surface area (Å²) in [4.78, 5) is 45.6. The zero-order valence-electron chi connectivity index (χ0n) is 21.5. The number of nitrogens with one attached hydrogen (secondary N) is 1. The average molecular weight is 491 g/mol. The van der Waals surface area contributed by atoms with Crippen molar-refractivity contribution < 1.29 is 14.4 Å². The number of likely N-dealkylation sites (tertiary alicyclic amines) is 1. The Morgan fingerprint density at radius 1 is 0.972 bits per heavy atom. The summed E-state index contributed by atoms with van der Waals surface area (Å²) < 4.78 is 0. The second kappa shape index (κ2) is 11.6. The highest BCUT2D eigenvalue weighted by Crippen LogP contribution is 2.40. The molecule has 0 radical (unpaired) electrons. The molecule has 1 atom stereocenters. The number of rotatable bonds is 9. The monoisotopic (exact) mass is 490 g/mol. The molecular weight excluding hydrogens is 452 g/mol. The molecule has 2 saturated heterocycles. The molecule has 1 spiro atoms. The van der Waals surface area contributed by atoms with Crippen molar-refractivity contribution in [3.8, 4) is 0 Å². The number of piperidine rings is 1. The Balaban J connectivity index is 1.50. The van der Waals surface area contributed by atoms with Crippen LogP contribution < -0.4 is 10.2 Å². The Morgan fingerprint density at radius 3 is 2.22 bits per heavy atom. The highest BCUT2D eigenvalue weighted by Gasteiger charge is 2.54. The molecule has 2 aromatic rings. The van der Waals surface area contributed by atoms with E-state index < -0.39 is 5.54 Å². The topological polar surface area (TPSA) is 73.0 Å². The molecule has 2 aliphatic rings. The van der Waals surface area contributed by atoms with Crippen LogP contribution in [0.3, 0.4) is 0 Å². The number of hydrogen-bond acceptors (Lipinski definition) is 4. The van der Waals surface area contributed by atoms with Crippen LogP contribution in [0.25, 0.3) is 0 Å². The number of hydrogen-bond donors (Lipinski definition) is 1. The fourth-order valence-electron chi connectivity index (χ4n) is 5.51. The van der Waals surface area contributed by atoms with Gasteiger partial charge in [0.05, 0.1) is 12.6 Å². The lowest BCUT2D eigenvalue weighted by atomic mass is 9.84. The largest absolute Gasteiger partial charge is 0.355 e. The van der Waals surface area contributed by atoms with E-state index in [4.69, 9.17) is 0 Å². The van der Waals surface area contributed by atoms with Gasteiger partial charge in [-0.3, -0.25) is 14.4 Å². The number of anilines is 1. The molecule has 7 nitrogen and oxygen atoms in total. The van der Waals surface area contributed by atoms with Crippen LogP contribution in [0.2, 0.25) is 0 Å². The molecule has 2 fully saturated rings. The van der Waals surface area contributed by atoms with Gasteiger partial charge in [-0.15, -0.1) is 0 Å². The van der Waals surface area contributed by atoms with Crippen LogP contribution in [0.5, 0.6) is 0 Å². The lowest BCUT2D eigenvalue weighted by molar-refractivity contribution is -0.140. The Morgan fingerprint density at radius 2 is 1.61 bits per heavy atom. The quantitative estimate of drug-likeness (QED) is 0.543. The minimum absolute atomic E-state index is 0.0146. The van der Waals surface area contributed by atoms with E-state index in [0.717, 1.165) is 30.5 Å². The molecule has 2 heterocycles. The van der Waals surface area contributed by atoms with Crippen LogP contribution in [0.1, 0.15) is 57.4 Å². The number of benzene rings is 2. The summed E-state index contributed by atoms with van der Waals surface area (Å²) in [5, 5.41) is 2.93. The van der Waals surface area contributed by atoms with E-state index in [1.807, 2.05) is 72.5 Å². The smallest absolute Gasteiger partial charge is 0.250 e. The van der Waals surface area contributed by atoms with Crippen molar-refractivity contribution in [1.82, 2.24) is 15.1 Å². The first kappa shape index (κ1) is 25.7. The van der Waals surface area contributed by atoms with Gasteiger partial charge >= 0.3 is 0 Å². The summed E-state index contributed by atoms with van der Waals surface area (Å²) in [6, 6.07) is 19.9. The second-order valence-corrected chi connectivity index (χ2v) is 9.84. The molecule has 0 aliphatic carbocycles. The van der Waals surface area contributed by atoms with Crippen LogP contribution in [0.4, 0.5) is 5.69 Å². The number of carbonyl (C=O) groups excluding carboxylic acids is 3. The maximum absolute atomic E-state index is 13.8. The van der Waals surface area contributed by atoms with E-state index >= 15 is 0 Å². The Kier molecular flexibility index (Phi) is 8.28. The van der Waals surface area contributed by atoms with E-state index in [-0.39, 0.29) is 30.2 Å². The fraction of sp³-hybridized carbons (Fsp3) is 0.483. The minimum atomic E-state index is -0.740. The molecule has 0 bridgehead atoms. The van der Waals surface area contributed by atoms with Gasteiger partial charge in [0.15, 0.2) is 0 Å². The average Bonchev–Trinajstić information content (AvgIpc) is 3.17. The predicted molar refractivity (Wildman–Crippen MR) is 141 cm³/mol. The van der Waals surface area contributed by atoms with Gasteiger partial charge in [0.25, 0.3) is 5.91 Å². The molecule has 1 unspecified atom stereocenters. The van der Waals surface area contributed by atoms with Gasteiger partial charge in [-0.25, -0.2) is 0 Å². The lowest BCUT2D eigenvalue weighted by Crippen LogP contribution is -2.58. The molecule has 2 aliphatic heterocycles. The van der Waals surface area contributed by atoms with Crippen LogP contribution >= 0.6 is 0 Å². The third kappa shape index (κ3) is 5.25. The number of amides is 3. The molecule has 192 valence electrons. The summed E-state index contributed by atoms with van der Waals surface area (Å²) in [7, 11) is 0. The minimum Gasteiger partial charge on any atom is -0.355 e. The molecule has 0 saturated carbocycles. The molecule has 4 rings (SSSR count). The number of unbranched alkanes of at least 4 members (excludes halogenated alkanes) is 1. The molecule has 2 aromatic carbocycles. The van der Waals surface area contributed by atoms with Gasteiger partial charge in [-0.1, -0.05) is 68.8 Å². The molecule has 3 amide bonds. The standard InChI is InChI=1S/C29H38N4O3/c1-3-5-18-30-26(34)21-32-22-33(24-14-10-7-11-15-24)29(28(32)36)16-19-31(20-17-29)27(35)25(4-2)23-12-8-6-9-13-23/h6-15,25H,3-5,16-22H2,1-2H3,(H,30,34). The van der Waals surface area contributed by atoms with Gasteiger partial charge < -0.3 is 20.0 Å². The van der Waals surface area contributed by atoms with E-state index in [1.54, 1.807) is 4.90 Å². The molecule has 1 N–H and O–H groups in total. The van der Waals surface area contributed by atoms with Gasteiger partial charge in [0, 0.05) is 25.3 Å². The van der Waals surface area contributed by atoms with Crippen molar-refractivity contribution in [1.29, 1.82) is 0 Å². The third-order valence-electron chi connectivity index (χ3n) is 7.58. The highest BCUT2D eigenvalue weighted by atomic mass is 16.2. The normalized spacial score (nSPS) is 17.9. The second-order valence-electron chi connectivity index (χ2n) is 9.84. The van der Waals surface area contributed by atoms with Crippen molar-refractivity contribution >= 4 is 23.4 Å². The molecular formula is C29H38N4O3. The Hall–Kier alpha value is -3.35. The number of nitrogens with zero attached hydrogens (tertiary/aromatic N) is 3. The first-order chi connectivity index (χ1) is 17.5. The summed E-state index contributed by atoms with van der Waals surface area (Å²) in [6.07, 6.45) is 3.76. The van der Waals surface area contributed by atoms with E-state index in [9.17, 15) is 14.4 Å². The summed E-state index contributed by atoms with van der Waals surface area (Å²) in [6.45, 7) is 6.23. The summed E-state index contributed by atoms with van der Waals surface area (Å²) in [5.74, 6) is -0.183. The first-order valence-corrected chi connectivity index (χ1v) is 13.2. The SMILES string of the molecule is CCCCNC(=O)CN1CN(c2ccccc2)C2(CCN(C(=O)C(CC)c3ccccc3)CC2)C1=O. The van der Waals surface area contributed by atoms with Gasteiger partial charge in [0.1, 0.15) is 12.1 Å². The Labute approximate surface area is 214 Å². The van der Waals surface area contributed by atoms with E-state index in [1.165, 1.54) is 0 Å². The molecule has 0 aromatic heterocycles. The fourth-order valence-corrected chi connectivity index (χ4v) is 5.51. The van der Waals surface area contributed by atoms with Crippen molar-refractivity contribution in [3.63, 3.8) is 0 Å². The van der Waals surface area contributed by atoms with Crippen LogP contribution in [0, 0.1) is 0 Å². The van der Waals surface area contributed by atoms with Gasteiger partial charge in [-0.05, 0) is 43.4 Å². The predicted octanol–water partition coefficient (Wildman–Crippen LogP) is 3.76. The zero-order chi connectivity index (χ0) is 25.5. The van der Waals surface area contributed by atoms with Crippen molar-refractivity contribution in [3.05, 3.63) is 66.2 Å². The maximum Gasteiger partial charge on any atom is 0.250 e. The van der Waals surface area contributed by atoms with Crippen molar-refractivity contribution in [2.75, 3.05) is 37.7 Å². The molecule has 36 heavy (non-hydrogen) atoms. The lowest BCUT2D eigenvalue weighted by Gasteiger charge is -2.44. The third-order valence-corrected chi connectivity index (χ3v) is 7.58. The molecule has 7 heteroatoms. The van der Waals surface area contributed by atoms with Gasteiger partial charge in [0.2, 0.25) is 11.8 Å². The maximum atomic E-state index is 13.8. The highest BCUT2D eigenvalue weighted by molar-refractivity contribution is 5.96. The van der Waals surface area contributed by atoms with Crippen molar-refractivity contribution in [2.24, 2.45) is 0 Å². The zero-order valence-corrected chi connectivity index (χ0v) is 21.5.